The number of nitrogens with one attached hydrogen (secondary N) is 1. The first kappa shape index (κ1) is 13.9. The summed E-state index contributed by atoms with van der Waals surface area (Å²) in [4.78, 5) is 0. The van der Waals surface area contributed by atoms with Crippen molar-refractivity contribution in [1.82, 2.24) is 0 Å². The molecule has 2 rings (SSSR count). The van der Waals surface area contributed by atoms with Gasteiger partial charge in [0.2, 0.25) is 0 Å². The van der Waals surface area contributed by atoms with Gasteiger partial charge in [-0.2, -0.15) is 0 Å². The van der Waals surface area contributed by atoms with Crippen LogP contribution in [0.1, 0.15) is 22.7 Å². The van der Waals surface area contributed by atoms with Crippen LogP contribution in [0, 0.1) is 13.8 Å². The SMILES string of the molecule is Cc1cccc(NC(CN)c2ccccc2Cl)c1C. The smallest absolute Gasteiger partial charge is 0.0650 e. The fraction of sp³-hybridized carbons (Fsp3) is 0.250. The molecule has 0 fully saturated rings. The Hall–Kier alpha value is -1.51. The van der Waals surface area contributed by atoms with Crippen molar-refractivity contribution in [2.45, 2.75) is 19.9 Å². The van der Waals surface area contributed by atoms with Gasteiger partial charge in [-0.3, -0.25) is 0 Å². The average molecular weight is 275 g/mol. The summed E-state index contributed by atoms with van der Waals surface area (Å²) >= 11 is 6.24. The number of nitrogens with two attached hydrogens (primary N) is 1. The summed E-state index contributed by atoms with van der Waals surface area (Å²) < 4.78 is 0. The van der Waals surface area contributed by atoms with Crippen LogP contribution in [0.4, 0.5) is 5.69 Å². The highest BCUT2D eigenvalue weighted by Crippen LogP contribution is 2.27. The van der Waals surface area contributed by atoms with E-state index in [0.29, 0.717) is 6.54 Å². The van der Waals surface area contributed by atoms with Crippen molar-refractivity contribution in [3.05, 3.63) is 64.2 Å². The van der Waals surface area contributed by atoms with Crippen LogP contribution >= 0.6 is 11.6 Å². The molecule has 1 unspecified atom stereocenters. The predicted molar refractivity (Wildman–Crippen MR) is 82.8 cm³/mol. The topological polar surface area (TPSA) is 38.0 Å². The van der Waals surface area contributed by atoms with Crippen LogP contribution in [0.3, 0.4) is 0 Å². The Labute approximate surface area is 119 Å². The van der Waals surface area contributed by atoms with Gasteiger partial charge in [0.05, 0.1) is 6.04 Å². The van der Waals surface area contributed by atoms with Crippen LogP contribution in [0.2, 0.25) is 5.02 Å². The molecule has 0 heterocycles. The van der Waals surface area contributed by atoms with E-state index in [1.165, 1.54) is 11.1 Å². The monoisotopic (exact) mass is 274 g/mol. The molecule has 0 aliphatic carbocycles. The maximum atomic E-state index is 6.24. The highest BCUT2D eigenvalue weighted by atomic mass is 35.5. The molecule has 2 aromatic rings. The van der Waals surface area contributed by atoms with Crippen molar-refractivity contribution < 1.29 is 0 Å². The number of halogens is 1. The highest BCUT2D eigenvalue weighted by Gasteiger charge is 2.13. The molecule has 0 saturated heterocycles. The number of hydrogen-bond acceptors (Lipinski definition) is 2. The van der Waals surface area contributed by atoms with Crippen LogP contribution < -0.4 is 11.1 Å². The largest absolute Gasteiger partial charge is 0.377 e. The summed E-state index contributed by atoms with van der Waals surface area (Å²) in [7, 11) is 0. The molecule has 3 N–H and O–H groups in total. The highest BCUT2D eigenvalue weighted by molar-refractivity contribution is 6.31. The molecule has 0 radical (unpaired) electrons. The van der Waals surface area contributed by atoms with Crippen molar-refractivity contribution in [2.24, 2.45) is 5.73 Å². The van der Waals surface area contributed by atoms with Gasteiger partial charge in [0.25, 0.3) is 0 Å². The summed E-state index contributed by atoms with van der Waals surface area (Å²) in [6.45, 7) is 4.71. The molecule has 0 bridgehead atoms. The summed E-state index contributed by atoms with van der Waals surface area (Å²) in [6.07, 6.45) is 0. The van der Waals surface area contributed by atoms with Crippen molar-refractivity contribution in [3.63, 3.8) is 0 Å². The molecular weight excluding hydrogens is 256 g/mol. The third-order valence-corrected chi connectivity index (χ3v) is 3.79. The second-order valence-electron chi connectivity index (χ2n) is 4.70. The van der Waals surface area contributed by atoms with E-state index in [-0.39, 0.29) is 6.04 Å². The zero-order chi connectivity index (χ0) is 13.8. The lowest BCUT2D eigenvalue weighted by molar-refractivity contribution is 0.789. The van der Waals surface area contributed by atoms with Gasteiger partial charge in [0.15, 0.2) is 0 Å². The molecule has 0 aromatic heterocycles. The van der Waals surface area contributed by atoms with Gasteiger partial charge in [-0.15, -0.1) is 0 Å². The molecule has 1 atom stereocenters. The van der Waals surface area contributed by atoms with E-state index in [1.54, 1.807) is 0 Å². The van der Waals surface area contributed by atoms with E-state index >= 15 is 0 Å². The molecule has 0 aliphatic rings. The van der Waals surface area contributed by atoms with Crippen LogP contribution in [0.25, 0.3) is 0 Å². The number of benzene rings is 2. The quantitative estimate of drug-likeness (QED) is 0.882. The van der Waals surface area contributed by atoms with Gasteiger partial charge in [0, 0.05) is 17.3 Å². The molecule has 0 saturated carbocycles. The van der Waals surface area contributed by atoms with E-state index in [9.17, 15) is 0 Å². The molecule has 100 valence electrons. The van der Waals surface area contributed by atoms with Crippen molar-refractivity contribution in [3.8, 4) is 0 Å². The zero-order valence-corrected chi connectivity index (χ0v) is 12.0. The first-order chi connectivity index (χ1) is 9.13. The lowest BCUT2D eigenvalue weighted by Gasteiger charge is -2.21. The first-order valence-electron chi connectivity index (χ1n) is 6.40. The minimum atomic E-state index is 0.0224. The van der Waals surface area contributed by atoms with Gasteiger partial charge in [-0.1, -0.05) is 41.9 Å². The number of rotatable bonds is 4. The third-order valence-electron chi connectivity index (χ3n) is 3.45. The third kappa shape index (κ3) is 3.09. The van der Waals surface area contributed by atoms with Gasteiger partial charge >= 0.3 is 0 Å². The lowest BCUT2D eigenvalue weighted by atomic mass is 10.0. The van der Waals surface area contributed by atoms with Crippen LogP contribution in [-0.2, 0) is 0 Å². The Balaban J connectivity index is 2.30. The Morgan fingerprint density at radius 1 is 1.11 bits per heavy atom. The fourth-order valence-corrected chi connectivity index (χ4v) is 2.38. The molecule has 2 aromatic carbocycles. The minimum absolute atomic E-state index is 0.0224. The summed E-state index contributed by atoms with van der Waals surface area (Å²) in [5.74, 6) is 0. The predicted octanol–water partition coefficient (Wildman–Crippen LogP) is 4.07. The number of aryl methyl sites for hydroxylation is 1. The second-order valence-corrected chi connectivity index (χ2v) is 5.11. The van der Waals surface area contributed by atoms with Gasteiger partial charge in [0.1, 0.15) is 0 Å². The average Bonchev–Trinajstić information content (AvgIpc) is 2.41. The van der Waals surface area contributed by atoms with E-state index in [0.717, 1.165) is 16.3 Å². The number of hydrogen-bond donors (Lipinski definition) is 2. The maximum Gasteiger partial charge on any atom is 0.0650 e. The molecule has 0 aliphatic heterocycles. The van der Waals surface area contributed by atoms with Crippen molar-refractivity contribution in [1.29, 1.82) is 0 Å². The summed E-state index contributed by atoms with van der Waals surface area (Å²) in [6, 6.07) is 14.1. The van der Waals surface area contributed by atoms with Gasteiger partial charge in [-0.25, -0.2) is 0 Å². The molecule has 3 heteroatoms. The fourth-order valence-electron chi connectivity index (χ4n) is 2.12. The van der Waals surface area contributed by atoms with Crippen molar-refractivity contribution >= 4 is 17.3 Å². The van der Waals surface area contributed by atoms with Crippen LogP contribution in [0.15, 0.2) is 42.5 Å². The Morgan fingerprint density at radius 2 is 1.84 bits per heavy atom. The summed E-state index contributed by atoms with van der Waals surface area (Å²) in [5.41, 5.74) is 10.5. The minimum Gasteiger partial charge on any atom is -0.377 e. The summed E-state index contributed by atoms with van der Waals surface area (Å²) in [5, 5.41) is 4.23. The Kier molecular flexibility index (Phi) is 4.46. The standard InChI is InChI=1S/C16H19ClN2/c1-11-6-5-9-15(12(11)2)19-16(10-18)13-7-3-4-8-14(13)17/h3-9,16,19H,10,18H2,1-2H3. The van der Waals surface area contributed by atoms with E-state index in [4.69, 9.17) is 17.3 Å². The maximum absolute atomic E-state index is 6.24. The Bertz CT molecular complexity index is 566. The molecular formula is C16H19ClN2. The molecule has 0 amide bonds. The van der Waals surface area contributed by atoms with Crippen LogP contribution in [0.5, 0.6) is 0 Å². The van der Waals surface area contributed by atoms with E-state index in [1.807, 2.05) is 30.3 Å². The number of anilines is 1. The first-order valence-corrected chi connectivity index (χ1v) is 6.78. The van der Waals surface area contributed by atoms with Crippen LogP contribution in [-0.4, -0.2) is 6.54 Å². The van der Waals surface area contributed by atoms with E-state index in [2.05, 4.69) is 31.3 Å². The zero-order valence-electron chi connectivity index (χ0n) is 11.3. The Morgan fingerprint density at radius 3 is 2.53 bits per heavy atom. The van der Waals surface area contributed by atoms with E-state index < -0.39 is 0 Å². The molecule has 2 nitrogen and oxygen atoms in total. The molecule has 19 heavy (non-hydrogen) atoms. The normalized spacial score (nSPS) is 12.2. The lowest BCUT2D eigenvalue weighted by Crippen LogP contribution is -2.21. The molecule has 0 spiro atoms. The van der Waals surface area contributed by atoms with Crippen molar-refractivity contribution in [2.75, 3.05) is 11.9 Å². The van der Waals surface area contributed by atoms with Gasteiger partial charge in [-0.05, 0) is 42.7 Å². The van der Waals surface area contributed by atoms with Gasteiger partial charge < -0.3 is 11.1 Å². The second kappa shape index (κ2) is 6.09.